The van der Waals surface area contributed by atoms with Gasteiger partial charge in [0.2, 0.25) is 0 Å². The van der Waals surface area contributed by atoms with Crippen LogP contribution in [0.4, 0.5) is 0 Å². The van der Waals surface area contributed by atoms with Gasteiger partial charge in [-0.1, -0.05) is 77.4 Å². The second kappa shape index (κ2) is 7.85. The zero-order valence-corrected chi connectivity index (χ0v) is 16.3. The first kappa shape index (κ1) is 15.7. The van der Waals surface area contributed by atoms with E-state index in [0.29, 0.717) is 0 Å². The van der Waals surface area contributed by atoms with Gasteiger partial charge in [0.25, 0.3) is 0 Å². The van der Waals surface area contributed by atoms with Gasteiger partial charge in [0.1, 0.15) is 0 Å². The minimum absolute atomic E-state index is 0.285. The lowest BCUT2D eigenvalue weighted by molar-refractivity contribution is 0.789. The number of rotatable bonds is 7. The number of hydrogen-bond donors (Lipinski definition) is 0. The lowest BCUT2D eigenvalue weighted by Gasteiger charge is -2.34. The SMILES string of the molecule is CCC(C)[SiH]([SiH3])[SiH](C(C)CC)C(C)CC. The first-order valence-corrected chi connectivity index (χ1v) is 16.3. The first-order chi connectivity index (χ1) is 6.99. The third kappa shape index (κ3) is 4.57. The van der Waals surface area contributed by atoms with E-state index in [9.17, 15) is 0 Å². The van der Waals surface area contributed by atoms with E-state index in [1.165, 1.54) is 19.3 Å². The van der Waals surface area contributed by atoms with Crippen molar-refractivity contribution >= 4 is 25.9 Å². The van der Waals surface area contributed by atoms with E-state index in [1.54, 1.807) is 9.76 Å². The Morgan fingerprint density at radius 3 is 1.40 bits per heavy atom. The zero-order chi connectivity index (χ0) is 12.0. The van der Waals surface area contributed by atoms with E-state index in [4.69, 9.17) is 0 Å². The Bertz CT molecular complexity index is 151. The molecule has 4 unspecified atom stereocenters. The predicted molar refractivity (Wildman–Crippen MR) is 83.4 cm³/mol. The quantitative estimate of drug-likeness (QED) is 0.618. The van der Waals surface area contributed by atoms with Crippen LogP contribution in [0.1, 0.15) is 60.8 Å². The highest BCUT2D eigenvalue weighted by Crippen LogP contribution is 2.31. The van der Waals surface area contributed by atoms with Crippen LogP contribution >= 0.6 is 0 Å². The molecule has 0 aliphatic heterocycles. The largest absolute Gasteiger partial charge is 0.0657 e. The molecule has 0 saturated heterocycles. The van der Waals surface area contributed by atoms with Crippen LogP contribution in [0.15, 0.2) is 0 Å². The van der Waals surface area contributed by atoms with E-state index in [-0.39, 0.29) is 7.83 Å². The average molecular weight is 261 g/mol. The molecule has 0 fully saturated rings. The molecule has 0 aliphatic carbocycles. The maximum Gasteiger partial charge on any atom is 0.0304 e. The second-order valence-electron chi connectivity index (χ2n) is 5.59. The summed E-state index contributed by atoms with van der Waals surface area (Å²) in [5.74, 6) is 0. The molecule has 0 spiro atoms. The second-order valence-corrected chi connectivity index (χ2v) is 25.3. The molecule has 4 atom stereocenters. The van der Waals surface area contributed by atoms with Gasteiger partial charge in [-0.25, -0.2) is 0 Å². The molecule has 0 aliphatic rings. The molecule has 0 aromatic heterocycles. The van der Waals surface area contributed by atoms with Crippen LogP contribution in [0.25, 0.3) is 0 Å². The minimum Gasteiger partial charge on any atom is -0.0657 e. The smallest absolute Gasteiger partial charge is 0.0304 e. The third-order valence-electron chi connectivity index (χ3n) is 4.75. The topological polar surface area (TPSA) is 0 Å². The van der Waals surface area contributed by atoms with Crippen molar-refractivity contribution in [3.63, 3.8) is 0 Å². The fraction of sp³-hybridized carbons (Fsp3) is 1.00. The molecule has 0 saturated carbocycles. The zero-order valence-electron chi connectivity index (χ0n) is 12.0. The van der Waals surface area contributed by atoms with Gasteiger partial charge in [-0.3, -0.25) is 0 Å². The molecule has 0 bridgehead atoms. The van der Waals surface area contributed by atoms with Gasteiger partial charge < -0.3 is 0 Å². The molecule has 0 aromatic rings. The van der Waals surface area contributed by atoms with Crippen molar-refractivity contribution in [3.8, 4) is 0 Å². The van der Waals surface area contributed by atoms with Crippen LogP contribution in [0.2, 0.25) is 16.6 Å². The van der Waals surface area contributed by atoms with Crippen LogP contribution in [-0.4, -0.2) is 25.9 Å². The predicted octanol–water partition coefficient (Wildman–Crippen LogP) is 2.78. The van der Waals surface area contributed by atoms with Gasteiger partial charge in [0.05, 0.1) is 0 Å². The highest BCUT2D eigenvalue weighted by atomic mass is 29.6. The van der Waals surface area contributed by atoms with Gasteiger partial charge in [0, 0.05) is 16.1 Å². The minimum atomic E-state index is -0.391. The molecular formula is C12H32Si3. The molecule has 0 radical (unpaired) electrons. The molecule has 3 heteroatoms. The summed E-state index contributed by atoms with van der Waals surface area (Å²) in [6.45, 7) is 14.9. The Hall–Kier alpha value is 0.651. The molecule has 15 heavy (non-hydrogen) atoms. The fourth-order valence-electron chi connectivity index (χ4n) is 2.89. The molecule has 0 N–H and O–H groups in total. The monoisotopic (exact) mass is 260 g/mol. The molecule has 0 nitrogen and oxygen atoms in total. The van der Waals surface area contributed by atoms with E-state index in [0.717, 1.165) is 16.6 Å². The average Bonchev–Trinajstić information content (AvgIpc) is 2.27. The van der Waals surface area contributed by atoms with Crippen molar-refractivity contribution < 1.29 is 0 Å². The van der Waals surface area contributed by atoms with Crippen LogP contribution < -0.4 is 0 Å². The Balaban J connectivity index is 4.61. The van der Waals surface area contributed by atoms with Crippen molar-refractivity contribution in [3.05, 3.63) is 0 Å². The lowest BCUT2D eigenvalue weighted by Crippen LogP contribution is -2.45. The summed E-state index contributed by atoms with van der Waals surface area (Å²) >= 11 is 0. The van der Waals surface area contributed by atoms with E-state index in [2.05, 4.69) is 41.5 Å². The van der Waals surface area contributed by atoms with Crippen molar-refractivity contribution in [1.82, 2.24) is 0 Å². The van der Waals surface area contributed by atoms with Gasteiger partial charge in [-0.2, -0.15) is 0 Å². The Kier molecular flexibility index (Phi) is 8.19. The summed E-state index contributed by atoms with van der Waals surface area (Å²) in [6, 6.07) is 0. The summed E-state index contributed by atoms with van der Waals surface area (Å²) in [5.41, 5.74) is 3.36. The van der Waals surface area contributed by atoms with Crippen molar-refractivity contribution in [1.29, 1.82) is 0 Å². The Morgan fingerprint density at radius 2 is 1.13 bits per heavy atom. The van der Waals surface area contributed by atoms with Crippen LogP contribution in [0, 0.1) is 0 Å². The molecule has 0 rings (SSSR count). The van der Waals surface area contributed by atoms with Gasteiger partial charge >= 0.3 is 0 Å². The third-order valence-corrected chi connectivity index (χ3v) is 31.7. The highest BCUT2D eigenvalue weighted by Gasteiger charge is 2.31. The Labute approximate surface area is 103 Å². The standard InChI is InChI=1S/C12H32Si3/c1-7-10(4)14(11(5)8-2)15(13)12(6)9-3/h10-12,14-15H,7-9H2,1-6,13H3. The summed E-state index contributed by atoms with van der Waals surface area (Å²) in [7, 11) is 0.896. The molecule has 0 aromatic carbocycles. The van der Waals surface area contributed by atoms with E-state index in [1.807, 2.05) is 0 Å². The van der Waals surface area contributed by atoms with Gasteiger partial charge in [-0.05, 0) is 9.76 Å². The molecule has 0 amide bonds. The molecular weight excluding hydrogens is 228 g/mol. The van der Waals surface area contributed by atoms with E-state index < -0.39 is 8.31 Å². The summed E-state index contributed by atoms with van der Waals surface area (Å²) in [5, 5.41) is 0. The first-order valence-electron chi connectivity index (χ1n) is 6.99. The summed E-state index contributed by atoms with van der Waals surface area (Å²) in [6.07, 6.45) is 4.35. The summed E-state index contributed by atoms with van der Waals surface area (Å²) in [4.78, 5) is 0. The number of hydrogen-bond acceptors (Lipinski definition) is 0. The molecule has 0 heterocycles. The summed E-state index contributed by atoms with van der Waals surface area (Å²) < 4.78 is 0. The van der Waals surface area contributed by atoms with Crippen molar-refractivity contribution in [2.45, 2.75) is 77.4 Å². The highest BCUT2D eigenvalue weighted by molar-refractivity contribution is 7.42. The van der Waals surface area contributed by atoms with Crippen LogP contribution in [-0.2, 0) is 0 Å². The molecule has 92 valence electrons. The fourth-order valence-corrected chi connectivity index (χ4v) is 32.9. The van der Waals surface area contributed by atoms with Crippen molar-refractivity contribution in [2.24, 2.45) is 0 Å². The van der Waals surface area contributed by atoms with Crippen molar-refractivity contribution in [2.75, 3.05) is 0 Å². The van der Waals surface area contributed by atoms with Crippen LogP contribution in [0.5, 0.6) is 0 Å². The van der Waals surface area contributed by atoms with Crippen LogP contribution in [0.3, 0.4) is 0 Å². The van der Waals surface area contributed by atoms with Gasteiger partial charge in [-0.15, -0.1) is 0 Å². The lowest BCUT2D eigenvalue weighted by atomic mass is 10.4. The maximum absolute atomic E-state index is 2.56. The van der Waals surface area contributed by atoms with Gasteiger partial charge in [0.15, 0.2) is 0 Å². The van der Waals surface area contributed by atoms with E-state index >= 15 is 0 Å². The maximum atomic E-state index is 2.56. The normalized spacial score (nSPS) is 22.0. The Morgan fingerprint density at radius 1 is 0.800 bits per heavy atom.